The predicted octanol–water partition coefficient (Wildman–Crippen LogP) is 4.01. The fraction of sp³-hybridized carbons (Fsp3) is 0.357. The number of nitrogens with one attached hydrogen (secondary N) is 1. The average Bonchev–Trinajstić information content (AvgIpc) is 3.01. The van der Waals surface area contributed by atoms with Gasteiger partial charge in [0.15, 0.2) is 0 Å². The van der Waals surface area contributed by atoms with Crippen LogP contribution in [0.4, 0.5) is 5.69 Å². The molecule has 0 spiro atoms. The van der Waals surface area contributed by atoms with Crippen molar-refractivity contribution in [1.82, 2.24) is 4.98 Å². The summed E-state index contributed by atoms with van der Waals surface area (Å²) in [4.78, 5) is 5.68. The van der Waals surface area contributed by atoms with E-state index in [1.165, 1.54) is 23.3 Å². The molecule has 2 aromatic heterocycles. The number of hydrogen-bond donors (Lipinski definition) is 1. The van der Waals surface area contributed by atoms with Crippen LogP contribution in [0.2, 0.25) is 0 Å². The average molecular weight is 244 g/mol. The van der Waals surface area contributed by atoms with Gasteiger partial charge in [0.05, 0.1) is 11.7 Å². The summed E-state index contributed by atoms with van der Waals surface area (Å²) in [5, 5.41) is 5.79. The van der Waals surface area contributed by atoms with Gasteiger partial charge in [-0.2, -0.15) is 0 Å². The summed E-state index contributed by atoms with van der Waals surface area (Å²) < 4.78 is 0. The van der Waals surface area contributed by atoms with Crippen LogP contribution in [-0.2, 0) is 0 Å². The van der Waals surface area contributed by atoms with Crippen molar-refractivity contribution in [1.29, 1.82) is 0 Å². The third-order valence-corrected chi connectivity index (χ3v) is 4.10. The van der Waals surface area contributed by atoms with E-state index >= 15 is 0 Å². The van der Waals surface area contributed by atoms with Gasteiger partial charge >= 0.3 is 0 Å². The molecular formula is C14H16N2S. The second kappa shape index (κ2) is 4.49. The number of aromatic nitrogens is 1. The van der Waals surface area contributed by atoms with Crippen LogP contribution < -0.4 is 5.32 Å². The van der Waals surface area contributed by atoms with Gasteiger partial charge in [-0.25, -0.2) is 0 Å². The molecule has 2 nitrogen and oxygen atoms in total. The molecule has 1 atom stereocenters. The number of anilines is 1. The van der Waals surface area contributed by atoms with E-state index in [9.17, 15) is 0 Å². The van der Waals surface area contributed by atoms with Crippen LogP contribution in [0.15, 0.2) is 36.0 Å². The minimum Gasteiger partial charge on any atom is -0.376 e. The van der Waals surface area contributed by atoms with Gasteiger partial charge in [-0.3, -0.25) is 4.98 Å². The highest BCUT2D eigenvalue weighted by atomic mass is 32.1. The van der Waals surface area contributed by atoms with Crippen LogP contribution in [-0.4, -0.2) is 4.98 Å². The molecule has 2 heterocycles. The first-order valence-electron chi connectivity index (χ1n) is 6.04. The molecule has 1 aliphatic rings. The Hall–Kier alpha value is -1.35. The second-order valence-electron chi connectivity index (χ2n) is 4.73. The molecule has 0 amide bonds. The van der Waals surface area contributed by atoms with Gasteiger partial charge in [0, 0.05) is 17.3 Å². The van der Waals surface area contributed by atoms with Gasteiger partial charge in [-0.1, -0.05) is 6.07 Å². The molecule has 1 fully saturated rings. The van der Waals surface area contributed by atoms with E-state index in [1.807, 2.05) is 23.7 Å². The molecule has 0 radical (unpaired) electrons. The summed E-state index contributed by atoms with van der Waals surface area (Å²) in [6, 6.07) is 6.99. The largest absolute Gasteiger partial charge is 0.376 e. The topological polar surface area (TPSA) is 24.9 Å². The van der Waals surface area contributed by atoms with Gasteiger partial charge in [0.25, 0.3) is 0 Å². The Labute approximate surface area is 106 Å². The Balaban J connectivity index is 1.81. The maximum atomic E-state index is 4.24. The number of pyridine rings is 1. The van der Waals surface area contributed by atoms with E-state index in [2.05, 4.69) is 40.8 Å². The Bertz CT molecular complexity index is 489. The van der Waals surface area contributed by atoms with E-state index in [0.717, 1.165) is 11.6 Å². The van der Waals surface area contributed by atoms with Gasteiger partial charge < -0.3 is 5.32 Å². The first-order chi connectivity index (χ1) is 8.33. The Morgan fingerprint density at radius 1 is 1.41 bits per heavy atom. The lowest BCUT2D eigenvalue weighted by Gasteiger charge is -2.18. The molecule has 2 aromatic rings. The fourth-order valence-corrected chi connectivity index (χ4v) is 3.00. The minimum absolute atomic E-state index is 0.471. The van der Waals surface area contributed by atoms with Crippen LogP contribution in [0.25, 0.3) is 0 Å². The normalized spacial score (nSPS) is 16.8. The number of rotatable bonds is 4. The van der Waals surface area contributed by atoms with Crippen molar-refractivity contribution in [2.45, 2.75) is 25.8 Å². The summed E-state index contributed by atoms with van der Waals surface area (Å²) in [5.41, 5.74) is 2.34. The third kappa shape index (κ3) is 2.50. The Morgan fingerprint density at radius 2 is 2.29 bits per heavy atom. The van der Waals surface area contributed by atoms with E-state index in [0.29, 0.717) is 6.04 Å². The van der Waals surface area contributed by atoms with E-state index in [4.69, 9.17) is 0 Å². The predicted molar refractivity (Wildman–Crippen MR) is 72.4 cm³/mol. The first kappa shape index (κ1) is 10.8. The second-order valence-corrected chi connectivity index (χ2v) is 5.71. The van der Waals surface area contributed by atoms with Crippen molar-refractivity contribution in [3.05, 3.63) is 46.4 Å². The monoisotopic (exact) mass is 244 g/mol. The summed E-state index contributed by atoms with van der Waals surface area (Å²) in [6.45, 7) is 2.08. The van der Waals surface area contributed by atoms with Gasteiger partial charge in [-0.15, -0.1) is 11.3 Å². The standard InChI is InChI=1S/C14H16N2S/c1-10-7-12(9-15-8-10)16-14(11-4-5-11)13-3-2-6-17-13/h2-3,6-9,11,14,16H,4-5H2,1H3. The van der Waals surface area contributed by atoms with Gasteiger partial charge in [0.1, 0.15) is 0 Å². The summed E-state index contributed by atoms with van der Waals surface area (Å²) in [6.07, 6.45) is 6.49. The van der Waals surface area contributed by atoms with Crippen LogP contribution in [0.1, 0.15) is 29.3 Å². The molecule has 0 aliphatic heterocycles. The zero-order valence-corrected chi connectivity index (χ0v) is 10.7. The molecule has 1 unspecified atom stereocenters. The molecule has 3 heteroatoms. The highest BCUT2D eigenvalue weighted by molar-refractivity contribution is 7.10. The maximum Gasteiger partial charge on any atom is 0.0635 e. The van der Waals surface area contributed by atoms with Crippen molar-refractivity contribution in [3.8, 4) is 0 Å². The molecule has 0 aromatic carbocycles. The van der Waals surface area contributed by atoms with Crippen LogP contribution >= 0.6 is 11.3 Å². The minimum atomic E-state index is 0.471. The highest BCUT2D eigenvalue weighted by Gasteiger charge is 2.32. The zero-order valence-electron chi connectivity index (χ0n) is 9.89. The fourth-order valence-electron chi connectivity index (χ4n) is 2.13. The number of thiophene rings is 1. The van der Waals surface area contributed by atoms with Crippen molar-refractivity contribution in [3.63, 3.8) is 0 Å². The van der Waals surface area contributed by atoms with Crippen LogP contribution in [0.3, 0.4) is 0 Å². The van der Waals surface area contributed by atoms with Crippen molar-refractivity contribution < 1.29 is 0 Å². The lowest BCUT2D eigenvalue weighted by molar-refractivity contribution is 0.690. The third-order valence-electron chi connectivity index (χ3n) is 3.14. The summed E-state index contributed by atoms with van der Waals surface area (Å²) >= 11 is 1.84. The smallest absolute Gasteiger partial charge is 0.0635 e. The number of nitrogens with zero attached hydrogens (tertiary/aromatic N) is 1. The molecule has 1 N–H and O–H groups in total. The Kier molecular flexibility index (Phi) is 2.85. The lowest BCUT2D eigenvalue weighted by atomic mass is 10.1. The summed E-state index contributed by atoms with van der Waals surface area (Å²) in [7, 11) is 0. The van der Waals surface area contributed by atoms with Crippen molar-refractivity contribution in [2.24, 2.45) is 5.92 Å². The molecule has 1 saturated carbocycles. The SMILES string of the molecule is Cc1cncc(NC(c2cccs2)C2CC2)c1. The quantitative estimate of drug-likeness (QED) is 0.878. The number of hydrogen-bond acceptors (Lipinski definition) is 3. The van der Waals surface area contributed by atoms with E-state index < -0.39 is 0 Å². The van der Waals surface area contributed by atoms with Crippen molar-refractivity contribution in [2.75, 3.05) is 5.32 Å². The number of aryl methyl sites for hydroxylation is 1. The Morgan fingerprint density at radius 3 is 2.94 bits per heavy atom. The zero-order chi connectivity index (χ0) is 11.7. The molecule has 0 saturated heterocycles. The molecule has 17 heavy (non-hydrogen) atoms. The van der Waals surface area contributed by atoms with Gasteiger partial charge in [-0.05, 0) is 48.8 Å². The van der Waals surface area contributed by atoms with E-state index in [-0.39, 0.29) is 0 Å². The molecule has 3 rings (SSSR count). The lowest BCUT2D eigenvalue weighted by Crippen LogP contribution is -2.11. The van der Waals surface area contributed by atoms with E-state index in [1.54, 1.807) is 0 Å². The summed E-state index contributed by atoms with van der Waals surface area (Å²) in [5.74, 6) is 0.800. The molecule has 1 aliphatic carbocycles. The first-order valence-corrected chi connectivity index (χ1v) is 6.92. The molecule has 88 valence electrons. The van der Waals surface area contributed by atoms with Gasteiger partial charge in [0.2, 0.25) is 0 Å². The maximum absolute atomic E-state index is 4.24. The van der Waals surface area contributed by atoms with Crippen LogP contribution in [0, 0.1) is 12.8 Å². The molecule has 0 bridgehead atoms. The van der Waals surface area contributed by atoms with Crippen molar-refractivity contribution >= 4 is 17.0 Å². The molecular weight excluding hydrogens is 228 g/mol. The van der Waals surface area contributed by atoms with Crippen LogP contribution in [0.5, 0.6) is 0 Å². The highest BCUT2D eigenvalue weighted by Crippen LogP contribution is 2.44.